The molecule has 0 unspecified atom stereocenters. The number of benzene rings is 1. The van der Waals surface area contributed by atoms with Crippen molar-refractivity contribution in [3.63, 3.8) is 0 Å². The first kappa shape index (κ1) is 30.8. The van der Waals surface area contributed by atoms with E-state index < -0.39 is 53.8 Å². The van der Waals surface area contributed by atoms with E-state index in [1.165, 1.54) is 18.9 Å². The molecule has 4 heterocycles. The number of fused-ring (bicyclic) bond motifs is 2. The predicted molar refractivity (Wildman–Crippen MR) is 151 cm³/mol. The molecule has 2 aromatic rings. The number of anilines is 3. The Morgan fingerprint density at radius 3 is 2.67 bits per heavy atom. The van der Waals surface area contributed by atoms with Gasteiger partial charge in [0.2, 0.25) is 11.8 Å². The number of carbonyl (C=O) groups is 3. The van der Waals surface area contributed by atoms with Gasteiger partial charge in [-0.1, -0.05) is 17.7 Å². The van der Waals surface area contributed by atoms with Crippen LogP contribution in [0.1, 0.15) is 24.1 Å². The molecule has 1 aromatic carbocycles. The van der Waals surface area contributed by atoms with Crippen molar-refractivity contribution in [2.75, 3.05) is 54.5 Å². The van der Waals surface area contributed by atoms with Gasteiger partial charge in [-0.25, -0.2) is 14.2 Å². The molecule has 15 heteroatoms. The third kappa shape index (κ3) is 5.94. The Bertz CT molecular complexity index is 1430. The smallest absolute Gasteiger partial charge is 0.416 e. The van der Waals surface area contributed by atoms with Crippen molar-refractivity contribution in [3.05, 3.63) is 46.6 Å². The number of rotatable bonds is 5. The maximum Gasteiger partial charge on any atom is 0.416 e. The molecule has 4 atom stereocenters. The van der Waals surface area contributed by atoms with Crippen LogP contribution >= 0.6 is 11.6 Å². The first-order valence-electron chi connectivity index (χ1n) is 13.8. The van der Waals surface area contributed by atoms with Gasteiger partial charge in [-0.2, -0.15) is 13.2 Å². The standard InChI is InChI=1S/C28H31ClF4N6O4/c1-15-10-17(28(31,32)33)12-22(35-15)39-23(40)11-16-14-37(8-9-38(27(42)43)20-6-7-34-13-19(20)30)25-18(29)4-3-5-21(25)36(2)26(41)24(16)39/h3-5,10,12,16,19-20,24,34H,6-9,11,13-14H2,1-2H3,(H,42,43)/t16-,19-,20+,24+/m1/s1. The summed E-state index contributed by atoms with van der Waals surface area (Å²) in [5.41, 5.74) is -0.154. The predicted octanol–water partition coefficient (Wildman–Crippen LogP) is 3.95. The first-order chi connectivity index (χ1) is 20.3. The summed E-state index contributed by atoms with van der Waals surface area (Å²) in [7, 11) is 1.48. The highest BCUT2D eigenvalue weighted by molar-refractivity contribution is 6.34. The number of alkyl halides is 4. The maximum absolute atomic E-state index is 14.7. The molecule has 2 fully saturated rings. The van der Waals surface area contributed by atoms with Crippen molar-refractivity contribution in [2.45, 2.75) is 44.2 Å². The number of halogens is 5. The molecule has 3 aliphatic heterocycles. The van der Waals surface area contributed by atoms with Crippen LogP contribution in [0.3, 0.4) is 0 Å². The minimum absolute atomic E-state index is 0.0318. The Hall–Kier alpha value is -3.65. The molecule has 0 bridgehead atoms. The second-order valence-corrected chi connectivity index (χ2v) is 11.4. The minimum atomic E-state index is -4.69. The van der Waals surface area contributed by atoms with Gasteiger partial charge in [-0.15, -0.1) is 0 Å². The van der Waals surface area contributed by atoms with Gasteiger partial charge in [0, 0.05) is 51.3 Å². The molecule has 2 N–H and O–H groups in total. The third-order valence-electron chi connectivity index (χ3n) is 8.26. The Balaban J connectivity index is 1.53. The lowest BCUT2D eigenvalue weighted by Crippen LogP contribution is -2.55. The summed E-state index contributed by atoms with van der Waals surface area (Å²) < 4.78 is 55.7. The van der Waals surface area contributed by atoms with Crippen molar-refractivity contribution >= 4 is 46.7 Å². The molecule has 10 nitrogen and oxygen atoms in total. The van der Waals surface area contributed by atoms with E-state index in [-0.39, 0.29) is 49.1 Å². The molecule has 232 valence electrons. The second-order valence-electron chi connectivity index (χ2n) is 11.0. The molecule has 0 saturated carbocycles. The molecule has 0 radical (unpaired) electrons. The number of pyridine rings is 1. The molecule has 3 amide bonds. The fraction of sp³-hybridized carbons (Fsp3) is 0.500. The van der Waals surface area contributed by atoms with Crippen LogP contribution in [0.4, 0.5) is 39.5 Å². The van der Waals surface area contributed by atoms with Crippen LogP contribution in [-0.4, -0.2) is 90.9 Å². The summed E-state index contributed by atoms with van der Waals surface area (Å²) in [6, 6.07) is 4.48. The lowest BCUT2D eigenvalue weighted by atomic mass is 9.95. The van der Waals surface area contributed by atoms with Gasteiger partial charge in [0.25, 0.3) is 0 Å². The normalized spacial score (nSPS) is 24.4. The number of hydrogen-bond acceptors (Lipinski definition) is 6. The third-order valence-corrected chi connectivity index (χ3v) is 8.56. The quantitative estimate of drug-likeness (QED) is 0.484. The Labute approximate surface area is 250 Å². The number of hydrogen-bond donors (Lipinski definition) is 2. The Morgan fingerprint density at radius 2 is 2.00 bits per heavy atom. The largest absolute Gasteiger partial charge is 0.465 e. The van der Waals surface area contributed by atoms with Gasteiger partial charge in [0.05, 0.1) is 28.0 Å². The summed E-state index contributed by atoms with van der Waals surface area (Å²) in [6.07, 6.45) is -7.24. The zero-order valence-electron chi connectivity index (χ0n) is 23.4. The molecule has 0 spiro atoms. The molecule has 0 aliphatic carbocycles. The number of amides is 3. The Morgan fingerprint density at radius 1 is 1.26 bits per heavy atom. The van der Waals surface area contributed by atoms with Gasteiger partial charge >= 0.3 is 12.3 Å². The van der Waals surface area contributed by atoms with E-state index in [0.717, 1.165) is 21.9 Å². The van der Waals surface area contributed by atoms with Crippen LogP contribution in [0, 0.1) is 12.8 Å². The first-order valence-corrected chi connectivity index (χ1v) is 14.2. The van der Waals surface area contributed by atoms with Crippen molar-refractivity contribution in [2.24, 2.45) is 5.92 Å². The highest BCUT2D eigenvalue weighted by Crippen LogP contribution is 2.43. The van der Waals surface area contributed by atoms with E-state index in [0.29, 0.717) is 24.3 Å². The number of carboxylic acid groups (broad SMARTS) is 1. The SMILES string of the molecule is Cc1cc(C(F)(F)F)cc(N2C(=O)C[C@@H]3CN(CCN(C(=O)O)[C@H]4CCNC[C@H]4F)c4c(Cl)cccc4N(C)C(=O)[C@H]32)n1. The van der Waals surface area contributed by atoms with Gasteiger partial charge in [-0.05, 0) is 44.2 Å². The van der Waals surface area contributed by atoms with Crippen LogP contribution in [0.5, 0.6) is 0 Å². The number of likely N-dealkylation sites (N-methyl/N-ethyl adjacent to an activating group) is 1. The highest BCUT2D eigenvalue weighted by Gasteiger charge is 2.49. The summed E-state index contributed by atoms with van der Waals surface area (Å²) in [4.78, 5) is 48.9. The van der Waals surface area contributed by atoms with E-state index in [1.54, 1.807) is 23.1 Å². The zero-order valence-corrected chi connectivity index (χ0v) is 24.2. The van der Waals surface area contributed by atoms with Crippen LogP contribution in [-0.2, 0) is 15.8 Å². The van der Waals surface area contributed by atoms with Crippen molar-refractivity contribution in [1.82, 2.24) is 15.2 Å². The molecule has 43 heavy (non-hydrogen) atoms. The number of para-hydroxylation sites is 1. The lowest BCUT2D eigenvalue weighted by molar-refractivity contribution is -0.137. The summed E-state index contributed by atoms with van der Waals surface area (Å²) in [5, 5.41) is 13.1. The van der Waals surface area contributed by atoms with Crippen LogP contribution in [0.25, 0.3) is 0 Å². The van der Waals surface area contributed by atoms with E-state index >= 15 is 0 Å². The molecule has 2 saturated heterocycles. The number of carbonyl (C=O) groups excluding carboxylic acids is 2. The number of nitrogens with zero attached hydrogens (tertiary/aromatic N) is 5. The van der Waals surface area contributed by atoms with Gasteiger partial charge in [-0.3, -0.25) is 14.5 Å². The maximum atomic E-state index is 14.7. The summed E-state index contributed by atoms with van der Waals surface area (Å²) >= 11 is 6.63. The highest BCUT2D eigenvalue weighted by atomic mass is 35.5. The number of aromatic nitrogens is 1. The molecule has 3 aliphatic rings. The Kier molecular flexibility index (Phi) is 8.45. The van der Waals surface area contributed by atoms with Gasteiger partial charge in [0.1, 0.15) is 18.0 Å². The second kappa shape index (κ2) is 11.8. The number of piperidine rings is 1. The molecular weight excluding hydrogens is 596 g/mol. The van der Waals surface area contributed by atoms with Gasteiger partial charge < -0.3 is 25.1 Å². The fourth-order valence-corrected chi connectivity index (χ4v) is 6.55. The van der Waals surface area contributed by atoms with E-state index in [4.69, 9.17) is 11.6 Å². The molecular formula is C28H31ClF4N6O4. The van der Waals surface area contributed by atoms with Crippen molar-refractivity contribution in [1.29, 1.82) is 0 Å². The number of nitrogens with one attached hydrogen (secondary N) is 1. The van der Waals surface area contributed by atoms with Crippen molar-refractivity contribution in [3.8, 4) is 0 Å². The molecule has 1 aromatic heterocycles. The number of aryl methyl sites for hydroxylation is 1. The summed E-state index contributed by atoms with van der Waals surface area (Å²) in [5.74, 6) is -2.07. The van der Waals surface area contributed by atoms with Crippen LogP contribution < -0.4 is 20.0 Å². The lowest BCUT2D eigenvalue weighted by Gasteiger charge is -2.41. The molecule has 5 rings (SSSR count). The average molecular weight is 627 g/mol. The van der Waals surface area contributed by atoms with E-state index in [2.05, 4.69) is 10.3 Å². The van der Waals surface area contributed by atoms with Crippen molar-refractivity contribution < 1.29 is 37.1 Å². The van der Waals surface area contributed by atoms with Crippen LogP contribution in [0.15, 0.2) is 30.3 Å². The van der Waals surface area contributed by atoms with E-state index in [1.807, 2.05) is 0 Å². The fourth-order valence-electron chi connectivity index (χ4n) is 6.26. The van der Waals surface area contributed by atoms with Gasteiger partial charge in [0.15, 0.2) is 0 Å². The average Bonchev–Trinajstić information content (AvgIpc) is 3.26. The zero-order chi connectivity index (χ0) is 31.2. The van der Waals surface area contributed by atoms with Crippen LogP contribution in [0.2, 0.25) is 5.02 Å². The topological polar surface area (TPSA) is 109 Å². The minimum Gasteiger partial charge on any atom is -0.465 e. The van der Waals surface area contributed by atoms with E-state index in [9.17, 15) is 37.1 Å². The summed E-state index contributed by atoms with van der Waals surface area (Å²) in [6.45, 7) is 1.89. The monoisotopic (exact) mass is 626 g/mol.